The quantitative estimate of drug-likeness (QED) is 0.724. The van der Waals surface area contributed by atoms with Crippen molar-refractivity contribution < 1.29 is 14.3 Å². The fraction of sp³-hybridized carbons (Fsp3) is 0.667. The largest absolute Gasteiger partial charge is 0.497 e. The number of amides is 2. The van der Waals surface area contributed by atoms with Gasteiger partial charge in [-0.25, -0.2) is 0 Å². The van der Waals surface area contributed by atoms with Crippen LogP contribution < -0.4 is 10.5 Å². The Balaban J connectivity index is 0.00000272. The number of hydrogen-bond acceptors (Lipinski definition) is 4. The van der Waals surface area contributed by atoms with Gasteiger partial charge in [-0.05, 0) is 61.6 Å². The van der Waals surface area contributed by atoms with E-state index in [0.717, 1.165) is 50.8 Å². The van der Waals surface area contributed by atoms with Crippen LogP contribution in [-0.2, 0) is 16.0 Å². The molecule has 0 aromatic heterocycles. The normalized spacial score (nSPS) is 28.4. The summed E-state index contributed by atoms with van der Waals surface area (Å²) in [5, 5.41) is 0. The predicted octanol–water partition coefficient (Wildman–Crippen LogP) is 3.01. The van der Waals surface area contributed by atoms with Gasteiger partial charge in [0, 0.05) is 31.6 Å². The van der Waals surface area contributed by atoms with E-state index in [9.17, 15) is 9.59 Å². The van der Waals surface area contributed by atoms with E-state index in [-0.39, 0.29) is 36.3 Å². The molecule has 6 nitrogen and oxygen atoms in total. The van der Waals surface area contributed by atoms with Gasteiger partial charge >= 0.3 is 0 Å². The van der Waals surface area contributed by atoms with Gasteiger partial charge in [0.15, 0.2) is 0 Å². The minimum Gasteiger partial charge on any atom is -0.497 e. The number of nitrogens with two attached hydrogens (primary N) is 1. The second kappa shape index (κ2) is 10.2. The summed E-state index contributed by atoms with van der Waals surface area (Å²) in [7, 11) is 1.68. The topological polar surface area (TPSA) is 75.9 Å². The maximum absolute atomic E-state index is 13.0. The molecular weight excluding hydrogens is 414 g/mol. The third-order valence-electron chi connectivity index (χ3n) is 7.30. The van der Waals surface area contributed by atoms with E-state index in [1.165, 1.54) is 5.56 Å². The van der Waals surface area contributed by atoms with Gasteiger partial charge in [0.2, 0.25) is 11.8 Å². The summed E-state index contributed by atoms with van der Waals surface area (Å²) in [6.07, 6.45) is 6.18. The van der Waals surface area contributed by atoms with Crippen LogP contribution in [0, 0.1) is 11.8 Å². The van der Waals surface area contributed by atoms with Gasteiger partial charge in [-0.15, -0.1) is 12.4 Å². The summed E-state index contributed by atoms with van der Waals surface area (Å²) in [5.74, 6) is 1.88. The highest BCUT2D eigenvalue weighted by molar-refractivity contribution is 5.85. The zero-order chi connectivity index (χ0) is 21.3. The highest BCUT2D eigenvalue weighted by Gasteiger charge is 2.50. The number of piperidine rings is 3. The molecule has 1 aromatic carbocycles. The van der Waals surface area contributed by atoms with Crippen molar-refractivity contribution in [3.63, 3.8) is 0 Å². The minimum absolute atomic E-state index is 0. The summed E-state index contributed by atoms with van der Waals surface area (Å²) in [4.78, 5) is 30.2. The smallest absolute Gasteiger partial charge is 0.239 e. The molecule has 0 saturated carbocycles. The Morgan fingerprint density at radius 2 is 2.06 bits per heavy atom. The predicted molar refractivity (Wildman–Crippen MR) is 123 cm³/mol. The average molecular weight is 450 g/mol. The summed E-state index contributed by atoms with van der Waals surface area (Å²) >= 11 is 0. The number of fused-ring (bicyclic) bond motifs is 4. The van der Waals surface area contributed by atoms with Gasteiger partial charge in [0.1, 0.15) is 5.75 Å². The standard InChI is InChI=1S/C24H35N3O3.ClH/c1-3-6-20(25)24(29)26-14-17-13-18(15-26)22(27-21(17)9-5-10-23(27)28)12-16-7-4-8-19(11-16)30-2;/h4,7-8,11,17-18,20-22H,3,5-6,9-10,12-15,25H2,1-2H3;1H/t17-,18+,20+,21+,22+;/m1./s1. The second-order valence-corrected chi connectivity index (χ2v) is 9.28. The maximum Gasteiger partial charge on any atom is 0.239 e. The van der Waals surface area contributed by atoms with Gasteiger partial charge in [0.25, 0.3) is 0 Å². The molecule has 0 radical (unpaired) electrons. The second-order valence-electron chi connectivity index (χ2n) is 9.28. The van der Waals surface area contributed by atoms with Crippen molar-refractivity contribution in [3.05, 3.63) is 29.8 Å². The van der Waals surface area contributed by atoms with E-state index < -0.39 is 6.04 Å². The van der Waals surface area contributed by atoms with Gasteiger partial charge in [-0.2, -0.15) is 0 Å². The van der Waals surface area contributed by atoms with Crippen LogP contribution in [0.25, 0.3) is 0 Å². The molecule has 5 atom stereocenters. The Bertz CT molecular complexity index is 789. The van der Waals surface area contributed by atoms with E-state index in [2.05, 4.69) is 24.0 Å². The first-order chi connectivity index (χ1) is 14.5. The lowest BCUT2D eigenvalue weighted by Crippen LogP contribution is -2.66. The number of rotatable bonds is 6. The third kappa shape index (κ3) is 4.85. The lowest BCUT2D eigenvalue weighted by molar-refractivity contribution is -0.156. The van der Waals surface area contributed by atoms with E-state index in [0.29, 0.717) is 24.8 Å². The lowest BCUT2D eigenvalue weighted by Gasteiger charge is -2.57. The lowest BCUT2D eigenvalue weighted by atomic mass is 9.70. The van der Waals surface area contributed by atoms with E-state index in [1.807, 2.05) is 17.0 Å². The van der Waals surface area contributed by atoms with Gasteiger partial charge in [-0.1, -0.05) is 25.5 Å². The molecule has 31 heavy (non-hydrogen) atoms. The molecule has 2 bridgehead atoms. The molecule has 2 amide bonds. The Morgan fingerprint density at radius 3 is 2.81 bits per heavy atom. The van der Waals surface area contributed by atoms with Crippen molar-refractivity contribution in [1.29, 1.82) is 0 Å². The van der Waals surface area contributed by atoms with Crippen LogP contribution in [0.2, 0.25) is 0 Å². The highest BCUT2D eigenvalue weighted by atomic mass is 35.5. The minimum atomic E-state index is -0.408. The van der Waals surface area contributed by atoms with Crippen molar-refractivity contribution in [2.45, 2.75) is 70.0 Å². The van der Waals surface area contributed by atoms with Crippen LogP contribution in [0.3, 0.4) is 0 Å². The van der Waals surface area contributed by atoms with Crippen LogP contribution in [-0.4, -0.2) is 59.9 Å². The molecule has 3 heterocycles. The monoisotopic (exact) mass is 449 g/mol. The molecule has 3 fully saturated rings. The summed E-state index contributed by atoms with van der Waals surface area (Å²) < 4.78 is 5.40. The number of hydrogen-bond donors (Lipinski definition) is 1. The Kier molecular flexibility index (Phi) is 7.87. The number of benzene rings is 1. The van der Waals surface area contributed by atoms with E-state index in [1.54, 1.807) is 7.11 Å². The van der Waals surface area contributed by atoms with Gasteiger partial charge in [-0.3, -0.25) is 9.59 Å². The molecule has 3 aliphatic rings. The molecule has 0 unspecified atom stereocenters. The van der Waals surface area contributed by atoms with Crippen LogP contribution >= 0.6 is 12.4 Å². The number of nitrogens with zero attached hydrogens (tertiary/aromatic N) is 2. The first kappa shape index (κ1) is 23.9. The summed E-state index contributed by atoms with van der Waals surface area (Å²) in [5.41, 5.74) is 7.36. The molecule has 3 saturated heterocycles. The molecule has 0 aliphatic carbocycles. The third-order valence-corrected chi connectivity index (χ3v) is 7.30. The zero-order valence-electron chi connectivity index (χ0n) is 18.7. The van der Waals surface area contributed by atoms with Crippen molar-refractivity contribution in [2.24, 2.45) is 17.6 Å². The zero-order valence-corrected chi connectivity index (χ0v) is 19.5. The number of halogens is 1. The number of ether oxygens (including phenoxy) is 1. The molecule has 4 rings (SSSR count). The first-order valence-electron chi connectivity index (χ1n) is 11.5. The average Bonchev–Trinajstić information content (AvgIpc) is 2.76. The van der Waals surface area contributed by atoms with Gasteiger partial charge in [0.05, 0.1) is 13.2 Å². The molecule has 3 aliphatic heterocycles. The molecular formula is C24H36ClN3O3. The number of methoxy groups -OCH3 is 1. The number of carbonyl (C=O) groups is 2. The fourth-order valence-corrected chi connectivity index (χ4v) is 5.93. The number of carbonyl (C=O) groups excluding carboxylic acids is 2. The Hall–Kier alpha value is -1.79. The molecule has 7 heteroatoms. The SMILES string of the molecule is CCC[C@H](N)C(=O)N1C[C@H]2C[C@@H](C1)[C@H](Cc1cccc(OC)c1)N1C(=O)CCC[C@@H]21.Cl. The van der Waals surface area contributed by atoms with Crippen molar-refractivity contribution in [2.75, 3.05) is 20.2 Å². The maximum atomic E-state index is 13.0. The number of likely N-dealkylation sites (tertiary alicyclic amines) is 1. The molecule has 1 aromatic rings. The van der Waals surface area contributed by atoms with Crippen LogP contribution in [0.1, 0.15) is 51.0 Å². The Labute approximate surface area is 191 Å². The van der Waals surface area contributed by atoms with Crippen molar-refractivity contribution in [1.82, 2.24) is 9.80 Å². The molecule has 172 valence electrons. The fourth-order valence-electron chi connectivity index (χ4n) is 5.93. The van der Waals surface area contributed by atoms with Crippen LogP contribution in [0.15, 0.2) is 24.3 Å². The summed E-state index contributed by atoms with van der Waals surface area (Å²) in [6, 6.07) is 8.11. The van der Waals surface area contributed by atoms with E-state index in [4.69, 9.17) is 10.5 Å². The molecule has 0 spiro atoms. The van der Waals surface area contributed by atoms with Crippen molar-refractivity contribution in [3.8, 4) is 5.75 Å². The first-order valence-corrected chi connectivity index (χ1v) is 11.5. The summed E-state index contributed by atoms with van der Waals surface area (Å²) in [6.45, 7) is 3.51. The van der Waals surface area contributed by atoms with Crippen molar-refractivity contribution >= 4 is 24.2 Å². The molecule has 2 N–H and O–H groups in total. The van der Waals surface area contributed by atoms with Gasteiger partial charge < -0.3 is 20.3 Å². The highest BCUT2D eigenvalue weighted by Crippen LogP contribution is 2.42. The Morgan fingerprint density at radius 1 is 1.29 bits per heavy atom. The van der Waals surface area contributed by atoms with Crippen LogP contribution in [0.5, 0.6) is 5.75 Å². The van der Waals surface area contributed by atoms with Crippen LogP contribution in [0.4, 0.5) is 0 Å². The van der Waals surface area contributed by atoms with E-state index >= 15 is 0 Å².